The van der Waals surface area contributed by atoms with E-state index in [0.717, 1.165) is 51.9 Å². The van der Waals surface area contributed by atoms with Crippen molar-refractivity contribution in [2.24, 2.45) is 0 Å². The summed E-state index contributed by atoms with van der Waals surface area (Å²) in [5, 5.41) is 3.22. The van der Waals surface area contributed by atoms with Gasteiger partial charge in [0.15, 0.2) is 0 Å². The van der Waals surface area contributed by atoms with Gasteiger partial charge in [-0.2, -0.15) is 0 Å². The smallest absolute Gasteiger partial charge is 0.316 e. The van der Waals surface area contributed by atoms with Crippen LogP contribution in [0.15, 0.2) is 0 Å². The summed E-state index contributed by atoms with van der Waals surface area (Å²) in [6.45, 7) is 4.00. The van der Waals surface area contributed by atoms with E-state index in [1.165, 1.54) is 6.42 Å². The molecule has 16 heavy (non-hydrogen) atoms. The van der Waals surface area contributed by atoms with Crippen molar-refractivity contribution >= 4 is 29.4 Å². The average molecular weight is 268 g/mol. The van der Waals surface area contributed by atoms with Crippen molar-refractivity contribution < 1.29 is 9.28 Å². The van der Waals surface area contributed by atoms with Crippen LogP contribution >= 0.6 is 24.0 Å². The highest BCUT2D eigenvalue weighted by Crippen LogP contribution is 2.29. The lowest BCUT2D eigenvalue weighted by atomic mass is 9.98. The third kappa shape index (κ3) is 2.70. The van der Waals surface area contributed by atoms with Crippen molar-refractivity contribution in [3.63, 3.8) is 0 Å². The molecule has 2 saturated heterocycles. The number of nitrogens with zero attached hydrogens (tertiary/aromatic N) is 1. The van der Waals surface area contributed by atoms with Crippen LogP contribution in [0.3, 0.4) is 0 Å². The topological polar surface area (TPSA) is 29.1 Å². The van der Waals surface area contributed by atoms with Crippen molar-refractivity contribution in [1.82, 2.24) is 5.32 Å². The molecule has 0 aromatic rings. The fourth-order valence-corrected chi connectivity index (χ4v) is 3.37. The third-order valence-corrected chi connectivity index (χ3v) is 4.31. The van der Waals surface area contributed by atoms with E-state index in [4.69, 9.17) is 11.6 Å². The van der Waals surface area contributed by atoms with Gasteiger partial charge in [-0.1, -0.05) is 0 Å². The Morgan fingerprint density at radius 1 is 1.12 bits per heavy atom. The molecule has 1 N–H and O–H groups in total. The molecular formula is C11H21Cl2N2O+. The molecule has 0 radical (unpaired) electrons. The molecule has 0 spiro atoms. The Kier molecular flexibility index (Phi) is 5.51. The van der Waals surface area contributed by atoms with Gasteiger partial charge in [-0.3, -0.25) is 0 Å². The lowest BCUT2D eigenvalue weighted by Crippen LogP contribution is -2.61. The summed E-state index contributed by atoms with van der Waals surface area (Å²) < 4.78 is 0.559. The molecule has 0 aromatic carbocycles. The van der Waals surface area contributed by atoms with Crippen LogP contribution in [-0.2, 0) is 0 Å². The first kappa shape index (κ1) is 14.2. The third-order valence-electron chi connectivity index (χ3n) is 3.97. The summed E-state index contributed by atoms with van der Waals surface area (Å²) in [6.07, 6.45) is 5.76. The van der Waals surface area contributed by atoms with Crippen LogP contribution in [0.2, 0.25) is 0 Å². The highest BCUT2D eigenvalue weighted by molar-refractivity contribution is 6.60. The summed E-state index contributed by atoms with van der Waals surface area (Å²) in [4.78, 5) is 11.7. The Morgan fingerprint density at radius 2 is 1.69 bits per heavy atom. The molecule has 0 bridgehead atoms. The number of nitrogens with one attached hydrogen (secondary N) is 1. The highest BCUT2D eigenvalue weighted by atomic mass is 35.5. The minimum atomic E-state index is -0.124. The Morgan fingerprint density at radius 3 is 2.19 bits per heavy atom. The minimum absolute atomic E-state index is 0. The van der Waals surface area contributed by atoms with E-state index in [2.05, 4.69) is 5.32 Å². The standard InChI is InChI=1S/C11H20ClN2O.ClH/c12-11(15)14(8-2-1-3-9-14)10-4-6-13-7-5-10;/h10,13H,1-9H2;1H/q+1;. The van der Waals surface area contributed by atoms with Gasteiger partial charge in [-0.25, -0.2) is 9.28 Å². The fourth-order valence-electron chi connectivity index (χ4n) is 3.06. The molecule has 1 amide bonds. The number of rotatable bonds is 1. The monoisotopic (exact) mass is 267 g/mol. The summed E-state index contributed by atoms with van der Waals surface area (Å²) in [5.74, 6) is 0. The summed E-state index contributed by atoms with van der Waals surface area (Å²) in [6, 6.07) is 0.469. The largest absolute Gasteiger partial charge is 0.412 e. The van der Waals surface area contributed by atoms with E-state index >= 15 is 0 Å². The first-order valence-corrected chi connectivity index (χ1v) is 6.41. The van der Waals surface area contributed by atoms with E-state index in [1.54, 1.807) is 0 Å². The van der Waals surface area contributed by atoms with Crippen LogP contribution in [0.5, 0.6) is 0 Å². The van der Waals surface area contributed by atoms with Gasteiger partial charge in [0, 0.05) is 37.5 Å². The van der Waals surface area contributed by atoms with Gasteiger partial charge in [-0.05, 0) is 19.3 Å². The van der Waals surface area contributed by atoms with E-state index in [9.17, 15) is 4.79 Å². The van der Waals surface area contributed by atoms with Crippen LogP contribution in [0, 0.1) is 0 Å². The second kappa shape index (κ2) is 6.20. The zero-order valence-electron chi connectivity index (χ0n) is 9.58. The second-order valence-corrected chi connectivity index (χ2v) is 5.10. The molecule has 2 aliphatic rings. The van der Waals surface area contributed by atoms with Gasteiger partial charge in [0.25, 0.3) is 0 Å². The number of carbonyl (C=O) groups excluding carboxylic acids is 1. The average Bonchev–Trinajstić information content (AvgIpc) is 2.31. The molecule has 0 aromatic heterocycles. The fraction of sp³-hybridized carbons (Fsp3) is 0.909. The minimum Gasteiger partial charge on any atom is -0.316 e. The molecule has 2 aliphatic heterocycles. The molecule has 94 valence electrons. The molecule has 0 unspecified atom stereocenters. The molecule has 0 aliphatic carbocycles. The molecule has 3 nitrogen and oxygen atoms in total. The summed E-state index contributed by atoms with van der Waals surface area (Å²) >= 11 is 5.86. The highest BCUT2D eigenvalue weighted by Gasteiger charge is 2.44. The number of likely N-dealkylation sites (tertiary alicyclic amines) is 1. The van der Waals surface area contributed by atoms with Gasteiger partial charge < -0.3 is 5.32 Å². The van der Waals surface area contributed by atoms with Crippen molar-refractivity contribution in [3.05, 3.63) is 0 Å². The van der Waals surface area contributed by atoms with Gasteiger partial charge in [0.2, 0.25) is 0 Å². The van der Waals surface area contributed by atoms with E-state index in [1.807, 2.05) is 0 Å². The lowest BCUT2D eigenvalue weighted by Gasteiger charge is -2.44. The number of hydrogen-bond acceptors (Lipinski definition) is 2. The first-order chi connectivity index (χ1) is 7.26. The van der Waals surface area contributed by atoms with Crippen molar-refractivity contribution in [2.75, 3.05) is 26.2 Å². The van der Waals surface area contributed by atoms with Gasteiger partial charge in [-0.15, -0.1) is 12.4 Å². The maximum absolute atomic E-state index is 11.7. The number of halogens is 2. The lowest BCUT2D eigenvalue weighted by molar-refractivity contribution is -0.876. The van der Waals surface area contributed by atoms with Gasteiger partial charge >= 0.3 is 5.37 Å². The number of carbonyl (C=O) groups is 1. The normalized spacial score (nSPS) is 25.8. The Bertz CT molecular complexity index is 236. The van der Waals surface area contributed by atoms with Crippen molar-refractivity contribution in [3.8, 4) is 0 Å². The zero-order chi connectivity index (χ0) is 10.7. The van der Waals surface area contributed by atoms with E-state index in [-0.39, 0.29) is 17.8 Å². The maximum atomic E-state index is 11.7. The van der Waals surface area contributed by atoms with E-state index in [0.29, 0.717) is 10.5 Å². The zero-order valence-corrected chi connectivity index (χ0v) is 11.2. The van der Waals surface area contributed by atoms with Crippen LogP contribution < -0.4 is 5.32 Å². The quantitative estimate of drug-likeness (QED) is 0.450. The Balaban J connectivity index is 0.00000128. The van der Waals surface area contributed by atoms with Crippen molar-refractivity contribution in [2.45, 2.75) is 38.1 Å². The molecule has 2 rings (SSSR count). The Labute approximate surface area is 109 Å². The number of hydrogen-bond donors (Lipinski definition) is 1. The molecule has 5 heteroatoms. The first-order valence-electron chi connectivity index (χ1n) is 6.03. The number of quaternary nitrogens is 1. The Hall–Kier alpha value is 0.170. The molecule has 0 saturated carbocycles. The van der Waals surface area contributed by atoms with Gasteiger partial charge in [0.1, 0.15) is 0 Å². The van der Waals surface area contributed by atoms with Crippen LogP contribution in [0.4, 0.5) is 4.79 Å². The van der Waals surface area contributed by atoms with Gasteiger partial charge in [0.05, 0.1) is 19.1 Å². The van der Waals surface area contributed by atoms with Crippen LogP contribution in [0.1, 0.15) is 32.1 Å². The number of piperidine rings is 2. The molecular weight excluding hydrogens is 247 g/mol. The van der Waals surface area contributed by atoms with Crippen LogP contribution in [0.25, 0.3) is 0 Å². The second-order valence-electron chi connectivity index (χ2n) is 4.78. The molecule has 2 heterocycles. The summed E-state index contributed by atoms with van der Waals surface area (Å²) in [7, 11) is 0. The van der Waals surface area contributed by atoms with E-state index < -0.39 is 0 Å². The van der Waals surface area contributed by atoms with Crippen molar-refractivity contribution in [1.29, 1.82) is 0 Å². The molecule has 2 fully saturated rings. The maximum Gasteiger partial charge on any atom is 0.412 e. The molecule has 0 atom stereocenters. The SMILES string of the molecule is Cl.O=C(Cl)[N+]1(C2CCNCC2)CCCCC1. The summed E-state index contributed by atoms with van der Waals surface area (Å²) in [5.41, 5.74) is 0. The number of amides is 1. The predicted octanol–water partition coefficient (Wildman–Crippen LogP) is 2.52. The van der Waals surface area contributed by atoms with Crippen LogP contribution in [-0.4, -0.2) is 42.1 Å². The predicted molar refractivity (Wildman–Crippen MR) is 68.2 cm³/mol.